The fourth-order valence-electron chi connectivity index (χ4n) is 3.93. The number of nitrogens with zero attached hydrogens (tertiary/aromatic N) is 2. The van der Waals surface area contributed by atoms with Crippen LogP contribution in [0.3, 0.4) is 0 Å². The smallest absolute Gasteiger partial charge is 0.391 e. The second-order valence-electron chi connectivity index (χ2n) is 7.79. The summed E-state index contributed by atoms with van der Waals surface area (Å²) in [6, 6.07) is 1.45. The molecule has 2 amide bonds. The van der Waals surface area contributed by atoms with Crippen LogP contribution in [0.5, 0.6) is 0 Å². The van der Waals surface area contributed by atoms with Gasteiger partial charge in [-0.25, -0.2) is 8.42 Å². The molecule has 3 rings (SSSR count). The van der Waals surface area contributed by atoms with E-state index in [4.69, 9.17) is 5.73 Å². The van der Waals surface area contributed by atoms with Gasteiger partial charge in [0.05, 0.1) is 22.3 Å². The van der Waals surface area contributed by atoms with E-state index >= 15 is 0 Å². The quantitative estimate of drug-likeness (QED) is 0.543. The van der Waals surface area contributed by atoms with Crippen LogP contribution in [0.4, 0.5) is 18.9 Å². The molecule has 2 atom stereocenters. The van der Waals surface area contributed by atoms with Gasteiger partial charge >= 0.3 is 6.18 Å². The van der Waals surface area contributed by atoms with Crippen LogP contribution in [-0.4, -0.2) is 68.6 Å². The van der Waals surface area contributed by atoms with E-state index in [1.54, 1.807) is 0 Å². The Bertz CT molecular complexity index is 986. The predicted octanol–water partition coefficient (Wildman–Crippen LogP) is 0.421. The average Bonchev–Trinajstić information content (AvgIpc) is 3.17. The van der Waals surface area contributed by atoms with Crippen molar-refractivity contribution < 1.29 is 36.3 Å². The van der Waals surface area contributed by atoms with Crippen molar-refractivity contribution in [3.63, 3.8) is 0 Å². The number of β-amino-alcohol motifs (C(OH)–C–C–N with tert-alkyl or cyclic N) is 1. The molecule has 1 aromatic rings. The number of aliphatic hydroxyl groups is 1. The van der Waals surface area contributed by atoms with Crippen LogP contribution in [-0.2, 0) is 25.8 Å². The summed E-state index contributed by atoms with van der Waals surface area (Å²) in [5.74, 6) is -1.25. The Labute approximate surface area is 183 Å². The van der Waals surface area contributed by atoms with Gasteiger partial charge in [0.25, 0.3) is 0 Å². The van der Waals surface area contributed by atoms with E-state index in [9.17, 15) is 36.3 Å². The first-order valence-electron chi connectivity index (χ1n) is 10.2. The van der Waals surface area contributed by atoms with Gasteiger partial charge in [0, 0.05) is 32.6 Å². The van der Waals surface area contributed by atoms with E-state index in [1.807, 2.05) is 4.72 Å². The summed E-state index contributed by atoms with van der Waals surface area (Å²) in [5.41, 5.74) is 3.53. The highest BCUT2D eigenvalue weighted by Gasteiger charge is 2.43. The minimum atomic E-state index is -5.08. The van der Waals surface area contributed by atoms with Crippen LogP contribution >= 0.6 is 0 Å². The highest BCUT2D eigenvalue weighted by Crippen LogP contribution is 2.41. The van der Waals surface area contributed by atoms with Crippen molar-refractivity contribution in [1.29, 1.82) is 0 Å². The zero-order valence-corrected chi connectivity index (χ0v) is 18.0. The van der Waals surface area contributed by atoms with Gasteiger partial charge in [-0.3, -0.25) is 9.59 Å². The van der Waals surface area contributed by atoms with Gasteiger partial charge in [-0.2, -0.15) is 17.9 Å². The number of carbonyl (C=O) groups is 2. The van der Waals surface area contributed by atoms with Crippen molar-refractivity contribution in [2.24, 2.45) is 5.73 Å². The Morgan fingerprint density at radius 2 is 2.00 bits per heavy atom. The molecule has 0 bridgehead atoms. The second-order valence-corrected chi connectivity index (χ2v) is 9.47. The molecule has 0 spiro atoms. The number of amides is 2. The molecule has 2 saturated heterocycles. The Balaban J connectivity index is 1.98. The number of hydrogen-bond acceptors (Lipinski definition) is 6. The Morgan fingerprint density at radius 3 is 2.56 bits per heavy atom. The number of piperidine rings is 1. The third kappa shape index (κ3) is 5.05. The van der Waals surface area contributed by atoms with Crippen LogP contribution in [0.15, 0.2) is 23.1 Å². The monoisotopic (exact) mass is 478 g/mol. The molecule has 0 aliphatic carbocycles. The van der Waals surface area contributed by atoms with Crippen molar-refractivity contribution >= 4 is 27.5 Å². The molecular formula is C19H25F3N4O5S. The Morgan fingerprint density at radius 1 is 1.28 bits per heavy atom. The SMILES string of the molecule is NC[C@H](NS(=O)(=O)c1cccc(N2CCCCC2=O)c1C(F)(F)F)C(=O)N1CC[C@@H](O)C1. The number of nitrogens with two attached hydrogens (primary N) is 1. The summed E-state index contributed by atoms with van der Waals surface area (Å²) < 4.78 is 70.0. The van der Waals surface area contributed by atoms with Crippen LogP contribution < -0.4 is 15.4 Å². The second kappa shape index (κ2) is 9.33. The predicted molar refractivity (Wildman–Crippen MR) is 108 cm³/mol. The maximum atomic E-state index is 14.0. The number of halogens is 3. The fourth-order valence-corrected chi connectivity index (χ4v) is 5.37. The molecule has 13 heteroatoms. The number of anilines is 1. The zero-order chi connectivity index (χ0) is 23.7. The summed E-state index contributed by atoms with van der Waals surface area (Å²) in [7, 11) is -4.85. The first-order chi connectivity index (χ1) is 15.0. The van der Waals surface area contributed by atoms with Gasteiger partial charge in [0.1, 0.15) is 6.04 Å². The van der Waals surface area contributed by atoms with E-state index in [2.05, 4.69) is 0 Å². The normalized spacial score (nSPS) is 21.2. The highest BCUT2D eigenvalue weighted by molar-refractivity contribution is 7.89. The summed E-state index contributed by atoms with van der Waals surface area (Å²) >= 11 is 0. The maximum Gasteiger partial charge on any atom is 0.419 e. The molecule has 9 nitrogen and oxygen atoms in total. The van der Waals surface area contributed by atoms with Crippen molar-refractivity contribution in [2.75, 3.05) is 31.1 Å². The van der Waals surface area contributed by atoms with Crippen molar-refractivity contribution in [1.82, 2.24) is 9.62 Å². The average molecular weight is 478 g/mol. The number of sulfonamides is 1. The number of benzene rings is 1. The third-order valence-electron chi connectivity index (χ3n) is 5.50. The number of hydrogen-bond donors (Lipinski definition) is 3. The minimum absolute atomic E-state index is 0.0164. The molecule has 4 N–H and O–H groups in total. The highest BCUT2D eigenvalue weighted by atomic mass is 32.2. The van der Waals surface area contributed by atoms with Gasteiger partial charge in [-0.1, -0.05) is 6.07 Å². The first-order valence-corrected chi connectivity index (χ1v) is 11.6. The molecule has 178 valence electrons. The maximum absolute atomic E-state index is 14.0. The van der Waals surface area contributed by atoms with Crippen molar-refractivity contribution in [2.45, 2.75) is 48.9 Å². The lowest BCUT2D eigenvalue weighted by molar-refractivity contribution is -0.139. The molecule has 2 aliphatic rings. The number of alkyl halides is 3. The van der Waals surface area contributed by atoms with Gasteiger partial charge in [0.15, 0.2) is 0 Å². The summed E-state index contributed by atoms with van der Waals surface area (Å²) in [6.45, 7) is -0.285. The standard InChI is InChI=1S/C19H25F3N4O5S/c20-19(21,22)17-14(26-8-2-1-6-16(26)28)4-3-5-15(17)32(30,31)24-13(10-23)18(29)25-9-7-12(27)11-25/h3-5,12-13,24,27H,1-2,6-11,23H2/t12-,13+/m1/s1. The summed E-state index contributed by atoms with van der Waals surface area (Å²) in [4.78, 5) is 25.9. The summed E-state index contributed by atoms with van der Waals surface area (Å²) in [5, 5.41) is 9.59. The van der Waals surface area contributed by atoms with E-state index in [0.29, 0.717) is 19.3 Å². The van der Waals surface area contributed by atoms with E-state index in [0.717, 1.165) is 23.1 Å². The number of aliphatic hydroxyl groups excluding tert-OH is 1. The van der Waals surface area contributed by atoms with Crippen LogP contribution in [0, 0.1) is 0 Å². The number of nitrogens with one attached hydrogen (secondary N) is 1. The molecule has 0 unspecified atom stereocenters. The lowest BCUT2D eigenvalue weighted by Gasteiger charge is -2.30. The molecule has 1 aromatic carbocycles. The van der Waals surface area contributed by atoms with Gasteiger partial charge < -0.3 is 20.6 Å². The molecule has 2 heterocycles. The molecule has 32 heavy (non-hydrogen) atoms. The number of likely N-dealkylation sites (tertiary alicyclic amines) is 1. The molecule has 0 saturated carbocycles. The topological polar surface area (TPSA) is 133 Å². The lowest BCUT2D eigenvalue weighted by Crippen LogP contribution is -2.52. The van der Waals surface area contributed by atoms with Crippen LogP contribution in [0.1, 0.15) is 31.2 Å². The van der Waals surface area contributed by atoms with Gasteiger partial charge in [-0.15, -0.1) is 0 Å². The summed E-state index contributed by atoms with van der Waals surface area (Å²) in [6.07, 6.45) is -4.44. The van der Waals surface area contributed by atoms with Gasteiger partial charge in [0.2, 0.25) is 21.8 Å². The van der Waals surface area contributed by atoms with E-state index in [-0.39, 0.29) is 26.1 Å². The molecule has 0 aromatic heterocycles. The zero-order valence-electron chi connectivity index (χ0n) is 17.1. The largest absolute Gasteiger partial charge is 0.419 e. The van der Waals surface area contributed by atoms with Crippen molar-refractivity contribution in [3.05, 3.63) is 23.8 Å². The van der Waals surface area contributed by atoms with E-state index < -0.39 is 62.9 Å². The number of carbonyl (C=O) groups excluding carboxylic acids is 2. The first kappa shape index (κ1) is 24.4. The van der Waals surface area contributed by atoms with Crippen LogP contribution in [0.25, 0.3) is 0 Å². The molecule has 0 radical (unpaired) electrons. The molecular weight excluding hydrogens is 453 g/mol. The van der Waals surface area contributed by atoms with Crippen LogP contribution in [0.2, 0.25) is 0 Å². The molecule has 2 aliphatic heterocycles. The number of rotatable bonds is 6. The Hall–Kier alpha value is -2.22. The fraction of sp³-hybridized carbons (Fsp3) is 0.579. The van der Waals surface area contributed by atoms with Crippen molar-refractivity contribution in [3.8, 4) is 0 Å². The third-order valence-corrected chi connectivity index (χ3v) is 7.01. The lowest BCUT2D eigenvalue weighted by atomic mass is 10.1. The van der Waals surface area contributed by atoms with Gasteiger partial charge in [-0.05, 0) is 31.4 Å². The van der Waals surface area contributed by atoms with E-state index in [1.165, 1.54) is 4.90 Å². The Kier molecular flexibility index (Phi) is 7.12. The molecule has 2 fully saturated rings. The minimum Gasteiger partial charge on any atom is -0.391 e.